The minimum absolute atomic E-state index is 0.216. The second-order valence-corrected chi connectivity index (χ2v) is 6.84. The highest BCUT2D eigenvalue weighted by atomic mass is 16.3. The lowest BCUT2D eigenvalue weighted by atomic mass is 10.1. The average Bonchev–Trinajstić information content (AvgIpc) is 2.89. The summed E-state index contributed by atoms with van der Waals surface area (Å²) in [6, 6.07) is 0. The summed E-state index contributed by atoms with van der Waals surface area (Å²) in [5.41, 5.74) is 0. The monoisotopic (exact) mass is 323 g/mol. The Morgan fingerprint density at radius 1 is 0.870 bits per heavy atom. The first kappa shape index (κ1) is 20.2. The number of aromatic nitrogens is 2. The maximum atomic E-state index is 9.01. The van der Waals surface area contributed by atoms with Crippen LogP contribution in [0.15, 0.2) is 12.4 Å². The Morgan fingerprint density at radius 3 is 1.91 bits per heavy atom. The van der Waals surface area contributed by atoms with Crippen molar-refractivity contribution in [3.05, 3.63) is 18.2 Å². The smallest absolute Gasteiger partial charge is 0.253 e. The van der Waals surface area contributed by atoms with Crippen LogP contribution < -0.4 is 4.57 Å². The third kappa shape index (κ3) is 9.14. The van der Waals surface area contributed by atoms with Gasteiger partial charge < -0.3 is 5.11 Å². The molecule has 1 rings (SSSR count). The van der Waals surface area contributed by atoms with Gasteiger partial charge in [0.1, 0.15) is 18.9 Å². The number of imidazole rings is 1. The van der Waals surface area contributed by atoms with Crippen molar-refractivity contribution < 1.29 is 9.67 Å². The number of hydrogen-bond acceptors (Lipinski definition) is 1. The summed E-state index contributed by atoms with van der Waals surface area (Å²) < 4.78 is 4.44. The standard InChI is InChI=1S/C20H39N2O/c1-3-4-5-6-7-8-9-10-11-12-13-14-15-21-16-17-22(18-19-23)20(21)2/h16-17,23H,3-15,18-19H2,1-2H3/q+1. The van der Waals surface area contributed by atoms with E-state index < -0.39 is 0 Å². The fraction of sp³-hybridized carbons (Fsp3) is 0.850. The second kappa shape index (κ2) is 13.6. The summed E-state index contributed by atoms with van der Waals surface area (Å²) in [7, 11) is 0. The Kier molecular flexibility index (Phi) is 11.9. The minimum atomic E-state index is 0.216. The molecule has 1 N–H and O–H groups in total. The predicted molar refractivity (Wildman–Crippen MR) is 97.5 cm³/mol. The van der Waals surface area contributed by atoms with E-state index in [0.29, 0.717) is 6.54 Å². The first-order valence-corrected chi connectivity index (χ1v) is 9.95. The molecule has 0 atom stereocenters. The molecule has 0 aliphatic heterocycles. The molecule has 0 aliphatic carbocycles. The number of aliphatic hydroxyl groups excluding tert-OH is 1. The summed E-state index contributed by atoms with van der Waals surface area (Å²) in [5, 5.41) is 9.01. The summed E-state index contributed by atoms with van der Waals surface area (Å²) in [5.74, 6) is 1.25. The molecule has 1 aromatic rings. The largest absolute Gasteiger partial charge is 0.392 e. The first-order chi connectivity index (χ1) is 11.3. The van der Waals surface area contributed by atoms with Gasteiger partial charge in [-0.05, 0) is 12.8 Å². The van der Waals surface area contributed by atoms with Crippen molar-refractivity contribution in [1.29, 1.82) is 0 Å². The lowest BCUT2D eigenvalue weighted by Crippen LogP contribution is -2.35. The average molecular weight is 324 g/mol. The van der Waals surface area contributed by atoms with Gasteiger partial charge in [0.15, 0.2) is 0 Å². The highest BCUT2D eigenvalue weighted by Gasteiger charge is 2.10. The van der Waals surface area contributed by atoms with Crippen LogP contribution in [0.2, 0.25) is 0 Å². The molecule has 0 radical (unpaired) electrons. The van der Waals surface area contributed by atoms with E-state index in [2.05, 4.69) is 35.4 Å². The van der Waals surface area contributed by atoms with Crippen molar-refractivity contribution >= 4 is 0 Å². The number of unbranched alkanes of at least 4 members (excludes halogenated alkanes) is 11. The molecule has 0 aliphatic rings. The third-order valence-electron chi connectivity index (χ3n) is 4.85. The van der Waals surface area contributed by atoms with Crippen molar-refractivity contribution in [3.63, 3.8) is 0 Å². The van der Waals surface area contributed by atoms with Gasteiger partial charge in [-0.2, -0.15) is 0 Å². The highest BCUT2D eigenvalue weighted by Crippen LogP contribution is 2.11. The Hall–Kier alpha value is -0.830. The molecule has 3 heteroatoms. The topological polar surface area (TPSA) is 29.0 Å². The van der Waals surface area contributed by atoms with Crippen molar-refractivity contribution in [1.82, 2.24) is 4.57 Å². The van der Waals surface area contributed by atoms with Crippen molar-refractivity contribution in [2.45, 2.75) is 104 Å². The summed E-state index contributed by atoms with van der Waals surface area (Å²) in [6.07, 6.45) is 21.0. The van der Waals surface area contributed by atoms with Crippen molar-refractivity contribution in [2.75, 3.05) is 6.61 Å². The SMILES string of the molecule is CCCCCCCCCCCCCC[n+]1ccn(CCO)c1C. The normalized spacial score (nSPS) is 11.3. The summed E-state index contributed by atoms with van der Waals surface area (Å²) in [4.78, 5) is 0. The fourth-order valence-electron chi connectivity index (χ4n) is 3.25. The predicted octanol–water partition coefficient (Wildman–Crippen LogP) is 4.78. The number of aliphatic hydroxyl groups is 1. The van der Waals surface area contributed by atoms with Gasteiger partial charge in [-0.3, -0.25) is 0 Å². The Morgan fingerprint density at radius 2 is 1.39 bits per heavy atom. The molecule has 3 nitrogen and oxygen atoms in total. The zero-order valence-corrected chi connectivity index (χ0v) is 15.6. The third-order valence-corrected chi connectivity index (χ3v) is 4.85. The molecule has 134 valence electrons. The van der Waals surface area contributed by atoms with E-state index in [1.807, 2.05) is 0 Å². The van der Waals surface area contributed by atoms with Crippen LogP contribution in [0.4, 0.5) is 0 Å². The molecule has 0 bridgehead atoms. The number of aryl methyl sites for hydroxylation is 1. The van der Waals surface area contributed by atoms with Crippen LogP contribution in [0, 0.1) is 6.92 Å². The van der Waals surface area contributed by atoms with E-state index in [4.69, 9.17) is 5.11 Å². The van der Waals surface area contributed by atoms with E-state index in [0.717, 1.165) is 6.54 Å². The lowest BCUT2D eigenvalue weighted by Gasteiger charge is -2.03. The van der Waals surface area contributed by atoms with Crippen LogP contribution >= 0.6 is 0 Å². The molecule has 1 aromatic heterocycles. The van der Waals surface area contributed by atoms with Crippen LogP contribution in [0.1, 0.15) is 89.8 Å². The first-order valence-electron chi connectivity index (χ1n) is 9.95. The number of rotatable bonds is 15. The molecular weight excluding hydrogens is 284 g/mol. The molecule has 23 heavy (non-hydrogen) atoms. The van der Waals surface area contributed by atoms with Gasteiger partial charge in [0.25, 0.3) is 5.82 Å². The van der Waals surface area contributed by atoms with Gasteiger partial charge in [0, 0.05) is 6.92 Å². The Bertz CT molecular complexity index is 387. The van der Waals surface area contributed by atoms with Gasteiger partial charge in [0.05, 0.1) is 13.2 Å². The van der Waals surface area contributed by atoms with E-state index in [1.165, 1.54) is 82.9 Å². The minimum Gasteiger partial charge on any atom is -0.392 e. The quantitative estimate of drug-likeness (QED) is 0.365. The lowest BCUT2D eigenvalue weighted by molar-refractivity contribution is -0.702. The van der Waals surface area contributed by atoms with Gasteiger partial charge in [-0.1, -0.05) is 71.1 Å². The molecule has 0 spiro atoms. The van der Waals surface area contributed by atoms with Crippen LogP contribution in [0.5, 0.6) is 0 Å². The van der Waals surface area contributed by atoms with E-state index in [9.17, 15) is 0 Å². The van der Waals surface area contributed by atoms with E-state index in [-0.39, 0.29) is 6.61 Å². The Balaban J connectivity index is 1.92. The van der Waals surface area contributed by atoms with Crippen LogP contribution in [0.3, 0.4) is 0 Å². The van der Waals surface area contributed by atoms with Crippen LogP contribution in [0.25, 0.3) is 0 Å². The molecule has 0 fully saturated rings. The van der Waals surface area contributed by atoms with E-state index >= 15 is 0 Å². The van der Waals surface area contributed by atoms with Crippen molar-refractivity contribution in [2.24, 2.45) is 0 Å². The molecule has 0 saturated heterocycles. The van der Waals surface area contributed by atoms with Gasteiger partial charge >= 0.3 is 0 Å². The van der Waals surface area contributed by atoms with Gasteiger partial charge in [-0.25, -0.2) is 9.13 Å². The van der Waals surface area contributed by atoms with E-state index in [1.54, 1.807) is 0 Å². The fourth-order valence-corrected chi connectivity index (χ4v) is 3.25. The molecular formula is C20H39N2O+. The van der Waals surface area contributed by atoms with Gasteiger partial charge in [-0.15, -0.1) is 0 Å². The molecule has 0 amide bonds. The maximum Gasteiger partial charge on any atom is 0.253 e. The van der Waals surface area contributed by atoms with Crippen LogP contribution in [-0.4, -0.2) is 16.3 Å². The van der Waals surface area contributed by atoms with Crippen LogP contribution in [-0.2, 0) is 13.1 Å². The number of hydrogen-bond donors (Lipinski definition) is 1. The van der Waals surface area contributed by atoms with Gasteiger partial charge in [0.2, 0.25) is 0 Å². The molecule has 1 heterocycles. The van der Waals surface area contributed by atoms with Crippen molar-refractivity contribution in [3.8, 4) is 0 Å². The zero-order chi connectivity index (χ0) is 16.8. The molecule has 0 unspecified atom stereocenters. The highest BCUT2D eigenvalue weighted by molar-refractivity contribution is 4.79. The second-order valence-electron chi connectivity index (χ2n) is 6.84. The molecule has 0 aromatic carbocycles. The summed E-state index contributed by atoms with van der Waals surface area (Å²) >= 11 is 0. The Labute approximate surface area is 143 Å². The molecule has 0 saturated carbocycles. The number of nitrogens with zero attached hydrogens (tertiary/aromatic N) is 2. The summed E-state index contributed by atoms with van der Waals surface area (Å²) in [6.45, 7) is 6.45. The zero-order valence-electron chi connectivity index (χ0n) is 15.6. The maximum absolute atomic E-state index is 9.01.